The van der Waals surface area contributed by atoms with Gasteiger partial charge in [-0.25, -0.2) is 0 Å². The Morgan fingerprint density at radius 2 is 1.95 bits per heavy atom. The molecule has 1 amide bonds. The summed E-state index contributed by atoms with van der Waals surface area (Å²) in [6.45, 7) is 8.58. The molecule has 0 heterocycles. The molecule has 0 aliphatic heterocycles. The number of hydrogen-bond donors (Lipinski definition) is 1. The highest BCUT2D eigenvalue weighted by Crippen LogP contribution is 2.10. The first-order chi connectivity index (χ1) is 10.1. The van der Waals surface area contributed by atoms with Crippen LogP contribution in [0.4, 0.5) is 5.69 Å². The SMILES string of the molecule is CCCN(CCCC(=O)Nc1ccc(C#N)cc1)C(C)C. The summed E-state index contributed by atoms with van der Waals surface area (Å²) in [7, 11) is 0. The molecule has 1 N–H and O–H groups in total. The fourth-order valence-electron chi connectivity index (χ4n) is 2.21. The van der Waals surface area contributed by atoms with Gasteiger partial charge in [-0.1, -0.05) is 6.92 Å². The normalized spacial score (nSPS) is 10.7. The summed E-state index contributed by atoms with van der Waals surface area (Å²) in [6.07, 6.45) is 2.52. The fraction of sp³-hybridized carbons (Fsp3) is 0.529. The Bertz CT molecular complexity index is 474. The van der Waals surface area contributed by atoms with Gasteiger partial charge in [0.2, 0.25) is 5.91 Å². The minimum absolute atomic E-state index is 0.0277. The molecule has 1 aromatic rings. The Labute approximate surface area is 127 Å². The molecule has 0 fully saturated rings. The van der Waals surface area contributed by atoms with Crippen molar-refractivity contribution in [1.29, 1.82) is 5.26 Å². The van der Waals surface area contributed by atoms with E-state index in [1.807, 2.05) is 0 Å². The molecule has 0 unspecified atom stereocenters. The topological polar surface area (TPSA) is 56.1 Å². The minimum atomic E-state index is 0.0277. The number of nitriles is 1. The molecule has 114 valence electrons. The van der Waals surface area contributed by atoms with Gasteiger partial charge in [-0.05, 0) is 64.0 Å². The van der Waals surface area contributed by atoms with Gasteiger partial charge in [0.05, 0.1) is 11.6 Å². The van der Waals surface area contributed by atoms with Crippen LogP contribution in [0.1, 0.15) is 45.6 Å². The van der Waals surface area contributed by atoms with Crippen LogP contribution in [-0.4, -0.2) is 29.9 Å². The number of carbonyl (C=O) groups is 1. The summed E-state index contributed by atoms with van der Waals surface area (Å²) in [5, 5.41) is 11.6. The van der Waals surface area contributed by atoms with Crippen molar-refractivity contribution in [3.8, 4) is 6.07 Å². The average Bonchev–Trinajstić information content (AvgIpc) is 2.47. The van der Waals surface area contributed by atoms with Crippen LogP contribution in [0.25, 0.3) is 0 Å². The van der Waals surface area contributed by atoms with E-state index in [-0.39, 0.29) is 5.91 Å². The zero-order chi connectivity index (χ0) is 15.7. The Morgan fingerprint density at radius 1 is 1.29 bits per heavy atom. The molecule has 1 aromatic carbocycles. The van der Waals surface area contributed by atoms with Crippen molar-refractivity contribution >= 4 is 11.6 Å². The van der Waals surface area contributed by atoms with E-state index < -0.39 is 0 Å². The monoisotopic (exact) mass is 287 g/mol. The highest BCUT2D eigenvalue weighted by Gasteiger charge is 2.09. The van der Waals surface area contributed by atoms with Gasteiger partial charge in [-0.15, -0.1) is 0 Å². The number of anilines is 1. The molecule has 0 radical (unpaired) electrons. The van der Waals surface area contributed by atoms with Crippen molar-refractivity contribution in [2.24, 2.45) is 0 Å². The van der Waals surface area contributed by atoms with Crippen molar-refractivity contribution in [3.05, 3.63) is 29.8 Å². The lowest BCUT2D eigenvalue weighted by molar-refractivity contribution is -0.116. The van der Waals surface area contributed by atoms with E-state index in [1.165, 1.54) is 0 Å². The van der Waals surface area contributed by atoms with Crippen LogP contribution in [0.3, 0.4) is 0 Å². The largest absolute Gasteiger partial charge is 0.326 e. The second-order valence-electron chi connectivity index (χ2n) is 5.47. The lowest BCUT2D eigenvalue weighted by atomic mass is 10.2. The molecule has 0 atom stereocenters. The van der Waals surface area contributed by atoms with Gasteiger partial charge in [0, 0.05) is 18.2 Å². The van der Waals surface area contributed by atoms with Crippen molar-refractivity contribution in [2.45, 2.75) is 46.1 Å². The van der Waals surface area contributed by atoms with Gasteiger partial charge >= 0.3 is 0 Å². The van der Waals surface area contributed by atoms with Crippen molar-refractivity contribution in [3.63, 3.8) is 0 Å². The van der Waals surface area contributed by atoms with Gasteiger partial charge in [0.1, 0.15) is 0 Å². The predicted octanol–water partition coefficient (Wildman–Crippen LogP) is 3.40. The van der Waals surface area contributed by atoms with Crippen LogP contribution < -0.4 is 5.32 Å². The maximum absolute atomic E-state index is 11.9. The van der Waals surface area contributed by atoms with Gasteiger partial charge in [-0.2, -0.15) is 5.26 Å². The molecule has 0 bridgehead atoms. The van der Waals surface area contributed by atoms with Crippen molar-refractivity contribution in [2.75, 3.05) is 18.4 Å². The number of nitrogens with one attached hydrogen (secondary N) is 1. The summed E-state index contributed by atoms with van der Waals surface area (Å²) >= 11 is 0. The Morgan fingerprint density at radius 3 is 2.48 bits per heavy atom. The van der Waals surface area contributed by atoms with Crippen LogP contribution >= 0.6 is 0 Å². The number of hydrogen-bond acceptors (Lipinski definition) is 3. The molecule has 4 heteroatoms. The van der Waals surface area contributed by atoms with Crippen molar-refractivity contribution < 1.29 is 4.79 Å². The molecule has 21 heavy (non-hydrogen) atoms. The number of benzene rings is 1. The molecule has 0 aliphatic rings. The quantitative estimate of drug-likeness (QED) is 0.797. The Kier molecular flexibility index (Phi) is 7.49. The van der Waals surface area contributed by atoms with Gasteiger partial charge in [0.25, 0.3) is 0 Å². The highest BCUT2D eigenvalue weighted by atomic mass is 16.1. The van der Waals surface area contributed by atoms with Gasteiger partial charge in [0.15, 0.2) is 0 Å². The second kappa shape index (κ2) is 9.15. The summed E-state index contributed by atoms with van der Waals surface area (Å²) in [5.41, 5.74) is 1.34. The molecule has 4 nitrogen and oxygen atoms in total. The molecule has 0 saturated carbocycles. The third-order valence-electron chi connectivity index (χ3n) is 3.39. The van der Waals surface area contributed by atoms with Crippen molar-refractivity contribution in [1.82, 2.24) is 4.90 Å². The van der Waals surface area contributed by atoms with Gasteiger partial charge < -0.3 is 10.2 Å². The molecule has 1 rings (SSSR count). The number of amides is 1. The van der Waals surface area contributed by atoms with Crippen LogP contribution in [-0.2, 0) is 4.79 Å². The summed E-state index contributed by atoms with van der Waals surface area (Å²) in [5.74, 6) is 0.0277. The van der Waals surface area contributed by atoms with E-state index in [9.17, 15) is 4.79 Å². The first-order valence-electron chi connectivity index (χ1n) is 7.61. The van der Waals surface area contributed by atoms with E-state index in [2.05, 4.69) is 37.1 Å². The number of carbonyl (C=O) groups excluding carboxylic acids is 1. The van der Waals surface area contributed by atoms with E-state index in [0.717, 1.165) is 31.6 Å². The maximum atomic E-state index is 11.9. The highest BCUT2D eigenvalue weighted by molar-refractivity contribution is 5.90. The lowest BCUT2D eigenvalue weighted by Crippen LogP contribution is -2.33. The van der Waals surface area contributed by atoms with E-state index in [0.29, 0.717) is 18.0 Å². The van der Waals surface area contributed by atoms with E-state index in [1.54, 1.807) is 24.3 Å². The molecular formula is C17H25N3O. The van der Waals surface area contributed by atoms with E-state index >= 15 is 0 Å². The first kappa shape index (κ1) is 17.2. The summed E-state index contributed by atoms with van der Waals surface area (Å²) in [6, 6.07) is 9.51. The molecule has 0 aromatic heterocycles. The average molecular weight is 287 g/mol. The van der Waals surface area contributed by atoms with Crippen LogP contribution in [0.2, 0.25) is 0 Å². The maximum Gasteiger partial charge on any atom is 0.224 e. The molecular weight excluding hydrogens is 262 g/mol. The molecule has 0 saturated heterocycles. The van der Waals surface area contributed by atoms with Crippen LogP contribution in [0.15, 0.2) is 24.3 Å². The summed E-state index contributed by atoms with van der Waals surface area (Å²) in [4.78, 5) is 14.3. The standard InChI is InChI=1S/C17H25N3O/c1-4-11-20(14(2)3)12-5-6-17(21)19-16-9-7-15(13-18)8-10-16/h7-10,14H,4-6,11-12H2,1-3H3,(H,19,21). The summed E-state index contributed by atoms with van der Waals surface area (Å²) < 4.78 is 0. The minimum Gasteiger partial charge on any atom is -0.326 e. The number of rotatable bonds is 8. The molecule has 0 spiro atoms. The number of nitrogens with zero attached hydrogens (tertiary/aromatic N) is 2. The fourth-order valence-corrected chi connectivity index (χ4v) is 2.21. The van der Waals surface area contributed by atoms with Crippen LogP contribution in [0.5, 0.6) is 0 Å². The second-order valence-corrected chi connectivity index (χ2v) is 5.47. The Hall–Kier alpha value is -1.86. The third kappa shape index (κ3) is 6.42. The van der Waals surface area contributed by atoms with Crippen LogP contribution in [0, 0.1) is 11.3 Å². The predicted molar refractivity (Wildman–Crippen MR) is 86.0 cm³/mol. The third-order valence-corrected chi connectivity index (χ3v) is 3.39. The van der Waals surface area contributed by atoms with Gasteiger partial charge in [-0.3, -0.25) is 4.79 Å². The Balaban J connectivity index is 2.35. The smallest absolute Gasteiger partial charge is 0.224 e. The van der Waals surface area contributed by atoms with E-state index in [4.69, 9.17) is 5.26 Å². The first-order valence-corrected chi connectivity index (χ1v) is 7.61. The zero-order valence-electron chi connectivity index (χ0n) is 13.2. The molecule has 0 aliphatic carbocycles. The lowest BCUT2D eigenvalue weighted by Gasteiger charge is -2.25. The zero-order valence-corrected chi connectivity index (χ0v) is 13.2.